The zero-order chi connectivity index (χ0) is 29.0. The zero-order valence-corrected chi connectivity index (χ0v) is 24.3. The third-order valence-corrected chi connectivity index (χ3v) is 6.76. The lowest BCUT2D eigenvalue weighted by molar-refractivity contribution is 0.122. The van der Waals surface area contributed by atoms with Gasteiger partial charge in [-0.3, -0.25) is 5.32 Å². The molecule has 1 saturated heterocycles. The molecule has 214 valence electrons. The van der Waals surface area contributed by atoms with E-state index >= 15 is 0 Å². The van der Waals surface area contributed by atoms with Gasteiger partial charge in [0.05, 0.1) is 24.6 Å². The third-order valence-electron chi connectivity index (χ3n) is 6.76. The Labute approximate surface area is 240 Å². The number of aromatic nitrogens is 4. The van der Waals surface area contributed by atoms with Gasteiger partial charge in [0, 0.05) is 42.7 Å². The molecule has 3 heterocycles. The van der Waals surface area contributed by atoms with Gasteiger partial charge in [0.2, 0.25) is 5.88 Å². The summed E-state index contributed by atoms with van der Waals surface area (Å²) in [5, 5.41) is 10.7. The minimum atomic E-state index is -0.346. The summed E-state index contributed by atoms with van der Waals surface area (Å²) in [6.45, 7) is 13.3. The first kappa shape index (κ1) is 28.1. The number of carbonyl (C=O) groups excluding carboxylic acids is 1. The molecule has 1 aliphatic rings. The van der Waals surface area contributed by atoms with Gasteiger partial charge in [0.25, 0.3) is 0 Å². The number of ether oxygens (including phenoxy) is 2. The van der Waals surface area contributed by atoms with Crippen molar-refractivity contribution in [1.29, 1.82) is 0 Å². The van der Waals surface area contributed by atoms with E-state index < -0.39 is 0 Å². The summed E-state index contributed by atoms with van der Waals surface area (Å²) in [5.41, 5.74) is 3.54. The van der Waals surface area contributed by atoms with Crippen LogP contribution < -0.4 is 20.3 Å². The molecule has 0 aliphatic carbocycles. The second-order valence-corrected chi connectivity index (χ2v) is 11.1. The van der Waals surface area contributed by atoms with Crippen LogP contribution in [0.15, 0.2) is 60.7 Å². The fourth-order valence-electron chi connectivity index (χ4n) is 4.45. The third kappa shape index (κ3) is 7.01. The predicted octanol–water partition coefficient (Wildman–Crippen LogP) is 5.53. The van der Waals surface area contributed by atoms with Crippen LogP contribution in [-0.4, -0.2) is 52.1 Å². The van der Waals surface area contributed by atoms with Crippen LogP contribution in [0.1, 0.15) is 43.4 Å². The Hall–Kier alpha value is -4.44. The molecule has 2 aromatic carbocycles. The van der Waals surface area contributed by atoms with Gasteiger partial charge in [-0.1, -0.05) is 56.7 Å². The molecule has 1 aliphatic heterocycles. The summed E-state index contributed by atoms with van der Waals surface area (Å²) < 4.78 is 13.4. The maximum Gasteiger partial charge on any atom is 0.320 e. The van der Waals surface area contributed by atoms with Crippen LogP contribution in [-0.2, 0) is 16.7 Å². The molecule has 2 N–H and O–H groups in total. The number of nitrogens with zero attached hydrogens (tertiary/aromatic N) is 5. The van der Waals surface area contributed by atoms with Gasteiger partial charge >= 0.3 is 6.03 Å². The summed E-state index contributed by atoms with van der Waals surface area (Å²) >= 11 is 0. The van der Waals surface area contributed by atoms with E-state index in [4.69, 9.17) is 14.6 Å². The highest BCUT2D eigenvalue weighted by Gasteiger charge is 2.22. The number of hydrogen-bond donors (Lipinski definition) is 2. The Morgan fingerprint density at radius 2 is 1.73 bits per heavy atom. The molecule has 10 heteroatoms. The SMILES string of the molecule is Cc1ccc(-n2nc(C(C)(C)C)cc2NC(=O)NCc2ccccc2Oc2cc(N3CCOCC3)nc(C)n2)cc1. The number of para-hydroxylation sites is 1. The van der Waals surface area contributed by atoms with Crippen LogP contribution in [0.2, 0.25) is 0 Å². The maximum atomic E-state index is 13.1. The van der Waals surface area contributed by atoms with Gasteiger partial charge in [-0.05, 0) is 32.0 Å². The predicted molar refractivity (Wildman–Crippen MR) is 159 cm³/mol. The number of amides is 2. The Morgan fingerprint density at radius 3 is 2.46 bits per heavy atom. The molecular weight excluding hydrogens is 518 g/mol. The van der Waals surface area contributed by atoms with Gasteiger partial charge in [-0.25, -0.2) is 14.5 Å². The van der Waals surface area contributed by atoms with E-state index in [-0.39, 0.29) is 18.0 Å². The highest BCUT2D eigenvalue weighted by Crippen LogP contribution is 2.28. The van der Waals surface area contributed by atoms with Gasteiger partial charge in [0.1, 0.15) is 23.2 Å². The lowest BCUT2D eigenvalue weighted by atomic mass is 9.92. The van der Waals surface area contributed by atoms with Crippen molar-refractivity contribution in [1.82, 2.24) is 25.1 Å². The van der Waals surface area contributed by atoms with Crippen molar-refractivity contribution in [2.45, 2.75) is 46.6 Å². The number of morpholine rings is 1. The van der Waals surface area contributed by atoms with Crippen molar-refractivity contribution in [2.24, 2.45) is 0 Å². The lowest BCUT2D eigenvalue weighted by Gasteiger charge is -2.28. The summed E-state index contributed by atoms with van der Waals surface area (Å²) in [5.74, 6) is 3.09. The summed E-state index contributed by atoms with van der Waals surface area (Å²) in [7, 11) is 0. The standard InChI is InChI=1S/C31H37N7O3/c1-21-10-12-24(13-11-21)38-28(18-26(36-38)31(3,4)5)35-30(39)32-20-23-8-6-7-9-25(23)41-29-19-27(33-22(2)34-29)37-14-16-40-17-15-37/h6-13,18-19H,14-17,20H2,1-5H3,(H2,32,35,39). The molecule has 2 aromatic heterocycles. The quantitative estimate of drug-likeness (QED) is 0.309. The number of urea groups is 1. The van der Waals surface area contributed by atoms with E-state index in [1.54, 1.807) is 4.68 Å². The van der Waals surface area contributed by atoms with Crippen LogP contribution in [0.3, 0.4) is 0 Å². The molecule has 0 saturated carbocycles. The Kier molecular flexibility index (Phi) is 8.21. The summed E-state index contributed by atoms with van der Waals surface area (Å²) in [6, 6.07) is 19.0. The molecule has 1 fully saturated rings. The molecule has 41 heavy (non-hydrogen) atoms. The van der Waals surface area contributed by atoms with Gasteiger partial charge in [-0.2, -0.15) is 10.1 Å². The van der Waals surface area contributed by atoms with E-state index in [9.17, 15) is 4.79 Å². The second kappa shape index (κ2) is 12.0. The first-order chi connectivity index (χ1) is 19.7. The number of nitrogens with one attached hydrogen (secondary N) is 2. The lowest BCUT2D eigenvalue weighted by Crippen LogP contribution is -2.36. The van der Waals surface area contributed by atoms with Crippen LogP contribution in [0.4, 0.5) is 16.4 Å². The molecule has 0 unspecified atom stereocenters. The summed E-state index contributed by atoms with van der Waals surface area (Å²) in [4.78, 5) is 24.3. The zero-order valence-electron chi connectivity index (χ0n) is 24.3. The van der Waals surface area contributed by atoms with Crippen molar-refractivity contribution in [3.63, 3.8) is 0 Å². The van der Waals surface area contributed by atoms with Crippen molar-refractivity contribution >= 4 is 17.7 Å². The van der Waals surface area contributed by atoms with Crippen molar-refractivity contribution < 1.29 is 14.3 Å². The minimum absolute atomic E-state index is 0.180. The minimum Gasteiger partial charge on any atom is -0.438 e. The van der Waals surface area contributed by atoms with Crippen LogP contribution in [0.25, 0.3) is 5.69 Å². The van der Waals surface area contributed by atoms with Crippen LogP contribution in [0, 0.1) is 13.8 Å². The smallest absolute Gasteiger partial charge is 0.320 e. The molecule has 0 spiro atoms. The fraction of sp³-hybridized carbons (Fsp3) is 0.355. The van der Waals surface area contributed by atoms with Gasteiger partial charge in [-0.15, -0.1) is 0 Å². The average molecular weight is 556 g/mol. The number of aryl methyl sites for hydroxylation is 2. The molecule has 0 bridgehead atoms. The second-order valence-electron chi connectivity index (χ2n) is 11.1. The number of rotatable bonds is 7. The molecule has 0 atom stereocenters. The molecule has 2 amide bonds. The Balaban J connectivity index is 1.30. The van der Waals surface area contributed by atoms with E-state index in [1.165, 1.54) is 0 Å². The van der Waals surface area contributed by atoms with Gasteiger partial charge < -0.3 is 19.7 Å². The van der Waals surface area contributed by atoms with Crippen molar-refractivity contribution in [3.8, 4) is 17.3 Å². The average Bonchev–Trinajstić information content (AvgIpc) is 3.37. The first-order valence-electron chi connectivity index (χ1n) is 13.8. The molecular formula is C31H37N7O3. The maximum absolute atomic E-state index is 13.1. The Bertz CT molecular complexity index is 1500. The van der Waals surface area contributed by atoms with Crippen molar-refractivity contribution in [2.75, 3.05) is 36.5 Å². The monoisotopic (exact) mass is 555 g/mol. The first-order valence-corrected chi connectivity index (χ1v) is 13.8. The molecule has 0 radical (unpaired) electrons. The highest BCUT2D eigenvalue weighted by molar-refractivity contribution is 5.88. The topological polar surface area (TPSA) is 106 Å². The van der Waals surface area contributed by atoms with Crippen molar-refractivity contribution in [3.05, 3.63) is 83.3 Å². The number of carbonyl (C=O) groups is 1. The normalized spacial score (nSPS) is 13.6. The van der Waals surface area contributed by atoms with Gasteiger partial charge in [0.15, 0.2) is 0 Å². The molecule has 10 nitrogen and oxygen atoms in total. The fourth-order valence-corrected chi connectivity index (χ4v) is 4.45. The van der Waals surface area contributed by atoms with E-state index in [2.05, 4.69) is 46.3 Å². The van der Waals surface area contributed by atoms with Crippen LogP contribution >= 0.6 is 0 Å². The summed E-state index contributed by atoms with van der Waals surface area (Å²) in [6.07, 6.45) is 0. The van der Waals surface area contributed by atoms with E-state index in [1.807, 2.05) is 74.5 Å². The molecule has 4 aromatic rings. The van der Waals surface area contributed by atoms with Crippen LogP contribution in [0.5, 0.6) is 11.6 Å². The number of benzene rings is 2. The highest BCUT2D eigenvalue weighted by atomic mass is 16.5. The van der Waals surface area contributed by atoms with E-state index in [0.717, 1.165) is 41.4 Å². The van der Waals surface area contributed by atoms with E-state index in [0.29, 0.717) is 36.5 Å². The number of anilines is 2. The molecule has 5 rings (SSSR count). The Morgan fingerprint density at radius 1 is 1.00 bits per heavy atom. The number of hydrogen-bond acceptors (Lipinski definition) is 7. The largest absolute Gasteiger partial charge is 0.438 e.